The molecule has 0 aliphatic carbocycles. The van der Waals surface area contributed by atoms with Crippen molar-refractivity contribution in [1.29, 1.82) is 0 Å². The normalized spacial score (nSPS) is 12.8. The van der Waals surface area contributed by atoms with Crippen molar-refractivity contribution < 1.29 is 37.3 Å². The number of aliphatic carboxylic acids is 1. The van der Waals surface area contributed by atoms with Crippen LogP contribution in [-0.4, -0.2) is 37.6 Å². The SMILES string of the molecule is CC(OC(=O)c1ccc(OC(C)(C)C(=O)O)cc1)c1cn(Cc2ccc(C(F)(F)F)cc2)nn1. The zero-order valence-corrected chi connectivity index (χ0v) is 18.5. The van der Waals surface area contributed by atoms with Gasteiger partial charge in [0.2, 0.25) is 0 Å². The number of alkyl halides is 3. The van der Waals surface area contributed by atoms with Crippen LogP contribution in [0.2, 0.25) is 0 Å². The highest BCUT2D eigenvalue weighted by molar-refractivity contribution is 5.89. The molecule has 1 aromatic heterocycles. The molecule has 1 heterocycles. The maximum atomic E-state index is 12.7. The molecular formula is C23H22F3N3O5. The van der Waals surface area contributed by atoms with E-state index < -0.39 is 35.4 Å². The monoisotopic (exact) mass is 477 g/mol. The Morgan fingerprint density at radius 3 is 2.24 bits per heavy atom. The van der Waals surface area contributed by atoms with Gasteiger partial charge in [0.25, 0.3) is 0 Å². The predicted molar refractivity (Wildman–Crippen MR) is 113 cm³/mol. The zero-order valence-electron chi connectivity index (χ0n) is 18.5. The quantitative estimate of drug-likeness (QED) is 0.476. The van der Waals surface area contributed by atoms with Gasteiger partial charge in [-0.1, -0.05) is 17.3 Å². The number of hydrogen-bond acceptors (Lipinski definition) is 6. The molecule has 0 amide bonds. The summed E-state index contributed by atoms with van der Waals surface area (Å²) < 4.78 is 50.3. The Hall–Kier alpha value is -3.89. The topological polar surface area (TPSA) is 104 Å². The average molecular weight is 477 g/mol. The molecule has 0 saturated carbocycles. The first-order chi connectivity index (χ1) is 15.8. The maximum Gasteiger partial charge on any atom is 0.416 e. The van der Waals surface area contributed by atoms with Gasteiger partial charge in [0.05, 0.1) is 23.9 Å². The third kappa shape index (κ3) is 6.12. The summed E-state index contributed by atoms with van der Waals surface area (Å²) in [5.41, 5.74) is -0.973. The molecule has 11 heteroatoms. The number of aromatic nitrogens is 3. The summed E-state index contributed by atoms with van der Waals surface area (Å²) in [7, 11) is 0. The highest BCUT2D eigenvalue weighted by atomic mass is 19.4. The Morgan fingerprint density at radius 2 is 1.68 bits per heavy atom. The maximum absolute atomic E-state index is 12.7. The van der Waals surface area contributed by atoms with E-state index in [-0.39, 0.29) is 17.9 Å². The lowest BCUT2D eigenvalue weighted by atomic mass is 10.1. The van der Waals surface area contributed by atoms with Crippen LogP contribution in [-0.2, 0) is 22.3 Å². The van der Waals surface area contributed by atoms with Crippen molar-refractivity contribution >= 4 is 11.9 Å². The van der Waals surface area contributed by atoms with Crippen LogP contribution in [0, 0.1) is 0 Å². The Morgan fingerprint density at radius 1 is 1.06 bits per heavy atom. The standard InChI is InChI=1S/C23H22F3N3O5/c1-14(33-20(30)16-6-10-18(11-7-16)34-22(2,3)21(31)32)19-13-29(28-27-19)12-15-4-8-17(9-5-15)23(24,25)26/h4-11,13-14H,12H2,1-3H3,(H,31,32). The lowest BCUT2D eigenvalue weighted by Gasteiger charge is -2.21. The first-order valence-electron chi connectivity index (χ1n) is 10.1. The fourth-order valence-corrected chi connectivity index (χ4v) is 2.85. The van der Waals surface area contributed by atoms with Gasteiger partial charge in [-0.05, 0) is 62.7 Å². The van der Waals surface area contributed by atoms with Gasteiger partial charge in [0.1, 0.15) is 17.5 Å². The van der Waals surface area contributed by atoms with Gasteiger partial charge in [0.15, 0.2) is 5.60 Å². The van der Waals surface area contributed by atoms with Crippen molar-refractivity contribution in [2.75, 3.05) is 0 Å². The number of esters is 1. The molecule has 180 valence electrons. The average Bonchev–Trinajstić information content (AvgIpc) is 3.22. The second-order valence-electron chi connectivity index (χ2n) is 8.03. The van der Waals surface area contributed by atoms with Crippen LogP contribution in [0.3, 0.4) is 0 Å². The van der Waals surface area contributed by atoms with E-state index in [1.807, 2.05) is 0 Å². The molecule has 1 atom stereocenters. The number of rotatable bonds is 8. The van der Waals surface area contributed by atoms with Crippen molar-refractivity contribution in [2.24, 2.45) is 0 Å². The molecule has 3 aromatic rings. The number of carboxylic acids is 1. The molecule has 8 nitrogen and oxygen atoms in total. The molecule has 3 rings (SSSR count). The van der Waals surface area contributed by atoms with Crippen LogP contribution < -0.4 is 4.74 Å². The Balaban J connectivity index is 1.59. The van der Waals surface area contributed by atoms with Gasteiger partial charge in [-0.25, -0.2) is 14.3 Å². The third-order valence-corrected chi connectivity index (χ3v) is 4.86. The molecule has 0 saturated heterocycles. The van der Waals surface area contributed by atoms with Crippen molar-refractivity contribution in [2.45, 2.75) is 45.2 Å². The highest BCUT2D eigenvalue weighted by Gasteiger charge is 2.30. The zero-order chi connectivity index (χ0) is 25.1. The Kier molecular flexibility index (Phi) is 6.94. The minimum absolute atomic E-state index is 0.194. The molecular weight excluding hydrogens is 455 g/mol. The van der Waals surface area contributed by atoms with Gasteiger partial charge in [-0.15, -0.1) is 5.10 Å². The highest BCUT2D eigenvalue weighted by Crippen LogP contribution is 2.29. The van der Waals surface area contributed by atoms with E-state index in [1.165, 1.54) is 54.9 Å². The molecule has 0 fully saturated rings. The number of carboxylic acid groups (broad SMARTS) is 1. The summed E-state index contributed by atoms with van der Waals surface area (Å²) >= 11 is 0. The van der Waals surface area contributed by atoms with Crippen molar-refractivity contribution in [3.63, 3.8) is 0 Å². The smallest absolute Gasteiger partial charge is 0.416 e. The van der Waals surface area contributed by atoms with E-state index in [0.717, 1.165) is 12.1 Å². The van der Waals surface area contributed by atoms with Gasteiger partial charge in [-0.3, -0.25) is 0 Å². The van der Waals surface area contributed by atoms with E-state index in [4.69, 9.17) is 14.6 Å². The number of carbonyl (C=O) groups excluding carboxylic acids is 1. The number of carbonyl (C=O) groups is 2. The van der Waals surface area contributed by atoms with Crippen LogP contribution in [0.5, 0.6) is 5.75 Å². The van der Waals surface area contributed by atoms with E-state index in [0.29, 0.717) is 11.3 Å². The van der Waals surface area contributed by atoms with Crippen LogP contribution in [0.4, 0.5) is 13.2 Å². The second kappa shape index (κ2) is 9.54. The van der Waals surface area contributed by atoms with Gasteiger partial charge in [-0.2, -0.15) is 13.2 Å². The van der Waals surface area contributed by atoms with Gasteiger partial charge in [0, 0.05) is 0 Å². The van der Waals surface area contributed by atoms with E-state index >= 15 is 0 Å². The molecule has 0 radical (unpaired) electrons. The Bertz CT molecular complexity index is 1160. The predicted octanol–water partition coefficient (Wildman–Crippen LogP) is 4.51. The molecule has 0 bridgehead atoms. The van der Waals surface area contributed by atoms with Crippen LogP contribution in [0.1, 0.15) is 54.1 Å². The molecule has 0 spiro atoms. The van der Waals surface area contributed by atoms with Crippen LogP contribution >= 0.6 is 0 Å². The molecule has 1 unspecified atom stereocenters. The summed E-state index contributed by atoms with van der Waals surface area (Å²) in [6.07, 6.45) is -3.60. The van der Waals surface area contributed by atoms with Gasteiger partial charge < -0.3 is 14.6 Å². The first-order valence-corrected chi connectivity index (χ1v) is 10.1. The minimum Gasteiger partial charge on any atom is -0.478 e. The van der Waals surface area contributed by atoms with E-state index in [9.17, 15) is 22.8 Å². The van der Waals surface area contributed by atoms with Crippen LogP contribution in [0.25, 0.3) is 0 Å². The summed E-state index contributed by atoms with van der Waals surface area (Å²) in [6.45, 7) is 4.62. The summed E-state index contributed by atoms with van der Waals surface area (Å²) in [5, 5.41) is 17.0. The lowest BCUT2D eigenvalue weighted by molar-refractivity contribution is -0.152. The minimum atomic E-state index is -4.40. The fraction of sp³-hybridized carbons (Fsp3) is 0.304. The molecule has 1 N–H and O–H groups in total. The first kappa shape index (κ1) is 24.7. The molecule has 0 aliphatic heterocycles. The number of ether oxygens (including phenoxy) is 2. The Labute approximate surface area is 192 Å². The molecule has 34 heavy (non-hydrogen) atoms. The third-order valence-electron chi connectivity index (χ3n) is 4.86. The van der Waals surface area contributed by atoms with Crippen LogP contribution in [0.15, 0.2) is 54.7 Å². The van der Waals surface area contributed by atoms with E-state index in [1.54, 1.807) is 13.1 Å². The molecule has 0 aliphatic rings. The second-order valence-corrected chi connectivity index (χ2v) is 8.03. The lowest BCUT2D eigenvalue weighted by Crippen LogP contribution is -2.37. The number of benzene rings is 2. The van der Waals surface area contributed by atoms with Crippen molar-refractivity contribution in [1.82, 2.24) is 15.0 Å². The largest absolute Gasteiger partial charge is 0.478 e. The number of halogens is 3. The fourth-order valence-electron chi connectivity index (χ4n) is 2.85. The van der Waals surface area contributed by atoms with E-state index in [2.05, 4.69) is 10.3 Å². The van der Waals surface area contributed by atoms with Crippen molar-refractivity contribution in [3.8, 4) is 5.75 Å². The summed E-state index contributed by atoms with van der Waals surface area (Å²) in [4.78, 5) is 23.6. The van der Waals surface area contributed by atoms with Gasteiger partial charge >= 0.3 is 18.1 Å². The number of hydrogen-bond donors (Lipinski definition) is 1. The summed E-state index contributed by atoms with van der Waals surface area (Å²) in [6, 6.07) is 10.5. The molecule has 2 aromatic carbocycles. The van der Waals surface area contributed by atoms with Crippen molar-refractivity contribution in [3.05, 3.63) is 77.1 Å². The number of nitrogens with zero attached hydrogens (tertiary/aromatic N) is 3. The summed E-state index contributed by atoms with van der Waals surface area (Å²) in [5.74, 6) is -1.48.